The van der Waals surface area contributed by atoms with Crippen molar-refractivity contribution in [1.82, 2.24) is 4.98 Å². The maximum absolute atomic E-state index is 8.97. The second kappa shape index (κ2) is 5.29. The second-order valence-corrected chi connectivity index (χ2v) is 5.86. The summed E-state index contributed by atoms with van der Waals surface area (Å²) in [7, 11) is 0. The maximum atomic E-state index is 8.97. The van der Waals surface area contributed by atoms with Crippen LogP contribution in [0.3, 0.4) is 0 Å². The summed E-state index contributed by atoms with van der Waals surface area (Å²) in [6, 6.07) is 6.37. The quantitative estimate of drug-likeness (QED) is 0.937. The Morgan fingerprint density at radius 3 is 2.76 bits per heavy atom. The molecule has 17 heavy (non-hydrogen) atoms. The summed E-state index contributed by atoms with van der Waals surface area (Å²) in [6.45, 7) is 4.35. The molecule has 2 rings (SSSR count). The highest BCUT2D eigenvalue weighted by Gasteiger charge is 2.11. The monoisotopic (exact) mass is 311 g/mol. The van der Waals surface area contributed by atoms with E-state index in [-0.39, 0.29) is 6.61 Å². The lowest BCUT2D eigenvalue weighted by Crippen LogP contribution is -1.86. The highest BCUT2D eigenvalue weighted by atomic mass is 79.9. The van der Waals surface area contributed by atoms with Gasteiger partial charge in [-0.3, -0.25) is 0 Å². The summed E-state index contributed by atoms with van der Waals surface area (Å²) in [5.41, 5.74) is 3.67. The largest absolute Gasteiger partial charge is 0.396 e. The van der Waals surface area contributed by atoms with Crippen LogP contribution in [0.4, 0.5) is 0 Å². The number of nitrogens with zero attached hydrogens (tertiary/aromatic N) is 1. The number of halogens is 1. The van der Waals surface area contributed by atoms with Crippen LogP contribution in [0, 0.1) is 13.8 Å². The molecule has 0 amide bonds. The number of rotatable bonds is 3. The van der Waals surface area contributed by atoms with E-state index in [1.807, 2.05) is 0 Å². The Hall–Kier alpha value is -0.710. The van der Waals surface area contributed by atoms with Crippen LogP contribution in [0.5, 0.6) is 0 Å². The van der Waals surface area contributed by atoms with E-state index in [0.717, 1.165) is 14.5 Å². The molecule has 1 aromatic heterocycles. The third-order valence-corrected chi connectivity index (χ3v) is 4.67. The van der Waals surface area contributed by atoms with E-state index in [2.05, 4.69) is 53.0 Å². The van der Waals surface area contributed by atoms with Crippen molar-refractivity contribution in [2.45, 2.75) is 20.3 Å². The van der Waals surface area contributed by atoms with Gasteiger partial charge in [0.25, 0.3) is 0 Å². The van der Waals surface area contributed by atoms with Crippen molar-refractivity contribution in [2.24, 2.45) is 0 Å². The van der Waals surface area contributed by atoms with E-state index < -0.39 is 0 Å². The van der Waals surface area contributed by atoms with Crippen LogP contribution in [-0.2, 0) is 6.42 Å². The summed E-state index contributed by atoms with van der Waals surface area (Å²) in [6.07, 6.45) is 0.656. The second-order valence-electron chi connectivity index (χ2n) is 4.02. The molecule has 0 unspecified atom stereocenters. The number of benzene rings is 1. The average Bonchev–Trinajstić information content (AvgIpc) is 2.60. The SMILES string of the molecule is Cc1ccc(-c2nc(Br)c(CCO)s2)c(C)c1. The molecule has 0 saturated carbocycles. The summed E-state index contributed by atoms with van der Waals surface area (Å²) in [5, 5.41) is 9.98. The Kier molecular flexibility index (Phi) is 3.97. The fourth-order valence-electron chi connectivity index (χ4n) is 1.76. The Morgan fingerprint density at radius 2 is 2.12 bits per heavy atom. The van der Waals surface area contributed by atoms with Gasteiger partial charge < -0.3 is 5.11 Å². The standard InChI is InChI=1S/C13H14BrNOS/c1-8-3-4-10(9(2)7-8)13-15-12(14)11(17-13)5-6-16/h3-4,7,16H,5-6H2,1-2H3. The molecular formula is C13H14BrNOS. The summed E-state index contributed by atoms with van der Waals surface area (Å²) in [5.74, 6) is 0. The minimum absolute atomic E-state index is 0.160. The van der Waals surface area contributed by atoms with E-state index in [4.69, 9.17) is 5.11 Å². The first-order chi connectivity index (χ1) is 8.11. The number of aliphatic hydroxyl groups is 1. The predicted octanol–water partition coefficient (Wildman–Crippen LogP) is 3.72. The molecule has 0 radical (unpaired) electrons. The molecule has 0 atom stereocenters. The third-order valence-electron chi connectivity index (χ3n) is 2.60. The zero-order chi connectivity index (χ0) is 12.4. The van der Waals surface area contributed by atoms with Gasteiger partial charge in [0, 0.05) is 23.5 Å². The molecule has 2 aromatic rings. The fraction of sp³-hybridized carbons (Fsp3) is 0.308. The van der Waals surface area contributed by atoms with E-state index in [1.54, 1.807) is 11.3 Å². The molecule has 1 aromatic carbocycles. The van der Waals surface area contributed by atoms with Crippen molar-refractivity contribution < 1.29 is 5.11 Å². The fourth-order valence-corrected chi connectivity index (χ4v) is 3.53. The van der Waals surface area contributed by atoms with Gasteiger partial charge in [-0.25, -0.2) is 4.98 Å². The van der Waals surface area contributed by atoms with Crippen LogP contribution < -0.4 is 0 Å². The minimum atomic E-state index is 0.160. The average molecular weight is 312 g/mol. The normalized spacial score (nSPS) is 10.8. The lowest BCUT2D eigenvalue weighted by molar-refractivity contribution is 0.300. The van der Waals surface area contributed by atoms with Crippen molar-refractivity contribution in [3.8, 4) is 10.6 Å². The molecular weight excluding hydrogens is 298 g/mol. The number of hydrogen-bond acceptors (Lipinski definition) is 3. The molecule has 0 aliphatic heterocycles. The molecule has 0 fully saturated rings. The highest BCUT2D eigenvalue weighted by Crippen LogP contribution is 2.33. The number of hydrogen-bond donors (Lipinski definition) is 1. The zero-order valence-corrected chi connectivity index (χ0v) is 12.2. The lowest BCUT2D eigenvalue weighted by Gasteiger charge is -2.02. The van der Waals surface area contributed by atoms with Gasteiger partial charge >= 0.3 is 0 Å². The van der Waals surface area contributed by atoms with Crippen LogP contribution in [0.25, 0.3) is 10.6 Å². The molecule has 90 valence electrons. The highest BCUT2D eigenvalue weighted by molar-refractivity contribution is 9.10. The first kappa shape index (κ1) is 12.7. The van der Waals surface area contributed by atoms with Gasteiger partial charge in [-0.2, -0.15) is 0 Å². The lowest BCUT2D eigenvalue weighted by atomic mass is 10.1. The van der Waals surface area contributed by atoms with E-state index >= 15 is 0 Å². The summed E-state index contributed by atoms with van der Waals surface area (Å²) < 4.78 is 0.853. The third kappa shape index (κ3) is 2.76. The van der Waals surface area contributed by atoms with Gasteiger partial charge in [0.15, 0.2) is 0 Å². The molecule has 0 aliphatic carbocycles. The Labute approximate surface area is 113 Å². The summed E-state index contributed by atoms with van der Waals surface area (Å²) >= 11 is 5.08. The van der Waals surface area contributed by atoms with Crippen molar-refractivity contribution >= 4 is 27.3 Å². The zero-order valence-electron chi connectivity index (χ0n) is 9.83. The van der Waals surface area contributed by atoms with Gasteiger partial charge in [0.05, 0.1) is 0 Å². The molecule has 1 N–H and O–H groups in total. The van der Waals surface area contributed by atoms with Crippen LogP contribution in [0.15, 0.2) is 22.8 Å². The summed E-state index contributed by atoms with van der Waals surface area (Å²) in [4.78, 5) is 5.61. The molecule has 0 spiro atoms. The Balaban J connectivity index is 2.42. The molecule has 0 saturated heterocycles. The number of aryl methyl sites for hydroxylation is 2. The molecule has 0 aliphatic rings. The first-order valence-electron chi connectivity index (χ1n) is 5.45. The van der Waals surface area contributed by atoms with Crippen LogP contribution in [-0.4, -0.2) is 16.7 Å². The molecule has 0 bridgehead atoms. The van der Waals surface area contributed by atoms with Gasteiger partial charge in [-0.15, -0.1) is 11.3 Å². The van der Waals surface area contributed by atoms with Gasteiger partial charge in [0.1, 0.15) is 9.61 Å². The van der Waals surface area contributed by atoms with E-state index in [9.17, 15) is 0 Å². The Morgan fingerprint density at radius 1 is 1.35 bits per heavy atom. The van der Waals surface area contributed by atoms with Gasteiger partial charge in [0.2, 0.25) is 0 Å². The van der Waals surface area contributed by atoms with Crippen LogP contribution in [0.1, 0.15) is 16.0 Å². The molecule has 1 heterocycles. The Bertz CT molecular complexity index is 536. The molecule has 2 nitrogen and oxygen atoms in total. The van der Waals surface area contributed by atoms with Crippen molar-refractivity contribution in [1.29, 1.82) is 0 Å². The van der Waals surface area contributed by atoms with E-state index in [0.29, 0.717) is 6.42 Å². The smallest absolute Gasteiger partial charge is 0.125 e. The number of thiazole rings is 1. The minimum Gasteiger partial charge on any atom is -0.396 e. The first-order valence-corrected chi connectivity index (χ1v) is 7.06. The maximum Gasteiger partial charge on any atom is 0.125 e. The molecule has 4 heteroatoms. The van der Waals surface area contributed by atoms with Gasteiger partial charge in [-0.05, 0) is 35.3 Å². The number of aromatic nitrogens is 1. The van der Waals surface area contributed by atoms with Crippen molar-refractivity contribution in [3.63, 3.8) is 0 Å². The van der Waals surface area contributed by atoms with Crippen molar-refractivity contribution in [2.75, 3.05) is 6.61 Å². The van der Waals surface area contributed by atoms with Crippen LogP contribution in [0.2, 0.25) is 0 Å². The van der Waals surface area contributed by atoms with Crippen LogP contribution >= 0.6 is 27.3 Å². The van der Waals surface area contributed by atoms with E-state index in [1.165, 1.54) is 16.7 Å². The number of aliphatic hydroxyl groups excluding tert-OH is 1. The van der Waals surface area contributed by atoms with Gasteiger partial charge in [-0.1, -0.05) is 23.8 Å². The predicted molar refractivity (Wildman–Crippen MR) is 75.5 cm³/mol. The van der Waals surface area contributed by atoms with Crippen molar-refractivity contribution in [3.05, 3.63) is 38.8 Å². The topological polar surface area (TPSA) is 33.1 Å².